The molecule has 4 nitrogen and oxygen atoms in total. The maximum Gasteiger partial charge on any atom is 0.251 e. The summed E-state index contributed by atoms with van der Waals surface area (Å²) in [5.74, 6) is 0.867. The second-order valence-corrected chi connectivity index (χ2v) is 7.47. The number of halogens is 2. The Bertz CT molecular complexity index is 697. The first kappa shape index (κ1) is 19.4. The molecule has 0 radical (unpaired) electrons. The zero-order chi connectivity index (χ0) is 18.5. The molecule has 140 valence electrons. The number of carbonyl (C=O) groups excluding carboxylic acids is 2. The first-order valence-corrected chi connectivity index (χ1v) is 10.1. The molecule has 2 unspecified atom stereocenters. The predicted molar refractivity (Wildman–Crippen MR) is 105 cm³/mol. The van der Waals surface area contributed by atoms with Gasteiger partial charge in [-0.05, 0) is 36.1 Å². The van der Waals surface area contributed by atoms with E-state index >= 15 is 0 Å². The highest BCUT2D eigenvalue weighted by Crippen LogP contribution is 2.23. The molecular formula is C20H24Cl2N2O2. The Balaban J connectivity index is 1.75. The summed E-state index contributed by atoms with van der Waals surface area (Å²) < 4.78 is 0. The molecule has 1 aromatic rings. The van der Waals surface area contributed by atoms with E-state index in [0.29, 0.717) is 36.6 Å². The lowest BCUT2D eigenvalue weighted by Crippen LogP contribution is -2.50. The van der Waals surface area contributed by atoms with Gasteiger partial charge in [-0.3, -0.25) is 14.5 Å². The summed E-state index contributed by atoms with van der Waals surface area (Å²) in [6.07, 6.45) is 6.89. The van der Waals surface area contributed by atoms with E-state index in [1.807, 2.05) is 12.1 Å². The molecule has 1 heterocycles. The van der Waals surface area contributed by atoms with Gasteiger partial charge in [0, 0.05) is 55.3 Å². The number of rotatable bonds is 5. The van der Waals surface area contributed by atoms with Crippen LogP contribution in [0, 0.1) is 0 Å². The largest absolute Gasteiger partial charge is 0.348 e. The van der Waals surface area contributed by atoms with E-state index in [9.17, 15) is 9.59 Å². The number of nitrogens with zero attached hydrogens (tertiary/aromatic N) is 1. The zero-order valence-electron chi connectivity index (χ0n) is 14.7. The van der Waals surface area contributed by atoms with E-state index < -0.39 is 0 Å². The van der Waals surface area contributed by atoms with Crippen molar-refractivity contribution < 1.29 is 9.59 Å². The van der Waals surface area contributed by atoms with Crippen LogP contribution in [-0.4, -0.2) is 41.8 Å². The quantitative estimate of drug-likeness (QED) is 0.471. The third kappa shape index (κ3) is 4.48. The molecule has 0 aromatic heterocycles. The van der Waals surface area contributed by atoms with E-state index in [2.05, 4.69) is 22.4 Å². The van der Waals surface area contributed by atoms with Crippen LogP contribution >= 0.6 is 23.2 Å². The number of amides is 1. The molecule has 1 fully saturated rings. The summed E-state index contributed by atoms with van der Waals surface area (Å²) in [5, 5.41) is 3.17. The highest BCUT2D eigenvalue weighted by Gasteiger charge is 2.32. The summed E-state index contributed by atoms with van der Waals surface area (Å²) >= 11 is 11.9. The van der Waals surface area contributed by atoms with Crippen LogP contribution in [0.5, 0.6) is 0 Å². The van der Waals surface area contributed by atoms with Crippen LogP contribution < -0.4 is 5.32 Å². The van der Waals surface area contributed by atoms with Crippen molar-refractivity contribution >= 4 is 34.9 Å². The Kier molecular flexibility index (Phi) is 6.74. The molecule has 26 heavy (non-hydrogen) atoms. The van der Waals surface area contributed by atoms with Crippen LogP contribution in [0.15, 0.2) is 30.4 Å². The Morgan fingerprint density at radius 1 is 1.08 bits per heavy atom. The van der Waals surface area contributed by atoms with Crippen molar-refractivity contribution in [1.82, 2.24) is 10.2 Å². The van der Waals surface area contributed by atoms with Crippen molar-refractivity contribution in [3.8, 4) is 0 Å². The van der Waals surface area contributed by atoms with Crippen molar-refractivity contribution in [3.05, 3.63) is 47.0 Å². The lowest BCUT2D eigenvalue weighted by Gasteiger charge is -2.33. The second-order valence-electron chi connectivity index (χ2n) is 6.94. The van der Waals surface area contributed by atoms with E-state index in [1.165, 1.54) is 0 Å². The highest BCUT2D eigenvalue weighted by atomic mass is 35.5. The van der Waals surface area contributed by atoms with Crippen molar-refractivity contribution in [2.45, 2.75) is 49.5 Å². The van der Waals surface area contributed by atoms with Crippen LogP contribution in [0.1, 0.15) is 47.2 Å². The first-order chi connectivity index (χ1) is 12.6. The van der Waals surface area contributed by atoms with Gasteiger partial charge in [-0.15, -0.1) is 23.2 Å². The maximum atomic E-state index is 12.8. The van der Waals surface area contributed by atoms with Crippen LogP contribution in [0.3, 0.4) is 0 Å². The van der Waals surface area contributed by atoms with Crippen molar-refractivity contribution in [2.75, 3.05) is 13.1 Å². The monoisotopic (exact) mass is 394 g/mol. The van der Waals surface area contributed by atoms with E-state index in [1.54, 1.807) is 6.07 Å². The zero-order valence-corrected chi connectivity index (χ0v) is 16.2. The lowest BCUT2D eigenvalue weighted by atomic mass is 10.00. The fourth-order valence-electron chi connectivity index (χ4n) is 3.79. The minimum atomic E-state index is -0.117. The lowest BCUT2D eigenvalue weighted by molar-refractivity contribution is -0.119. The molecule has 2 aliphatic rings. The number of alkyl halides is 2. The Labute approximate surface area is 164 Å². The smallest absolute Gasteiger partial charge is 0.251 e. The molecule has 1 saturated carbocycles. The third-order valence-corrected chi connectivity index (χ3v) is 5.88. The fourth-order valence-corrected chi connectivity index (χ4v) is 4.30. The average molecular weight is 395 g/mol. The SMILES string of the molecule is O=C1CCC(NC(=O)c2ccc(CCl)c(CCl)c2)C(N2CC=CC2)CC1. The maximum absolute atomic E-state index is 12.8. The standard InChI is InChI=1S/C20H24Cl2N2O2/c21-12-15-4-3-14(11-16(15)13-22)20(26)23-18-7-5-17(25)6-8-19(18)24-9-1-2-10-24/h1-4,11,18-19H,5-10,12-13H2,(H,23,26). The van der Waals surface area contributed by atoms with Crippen LogP contribution in [0.2, 0.25) is 0 Å². The van der Waals surface area contributed by atoms with Gasteiger partial charge in [0.15, 0.2) is 0 Å². The Morgan fingerprint density at radius 3 is 2.46 bits per heavy atom. The molecule has 1 amide bonds. The van der Waals surface area contributed by atoms with Crippen molar-refractivity contribution in [2.24, 2.45) is 0 Å². The second kappa shape index (κ2) is 9.03. The summed E-state index contributed by atoms with van der Waals surface area (Å²) in [6.45, 7) is 1.76. The minimum Gasteiger partial charge on any atom is -0.348 e. The van der Waals surface area contributed by atoms with Crippen molar-refractivity contribution in [3.63, 3.8) is 0 Å². The highest BCUT2D eigenvalue weighted by molar-refractivity contribution is 6.18. The molecule has 1 aliphatic carbocycles. The molecule has 3 rings (SSSR count). The summed E-state index contributed by atoms with van der Waals surface area (Å²) in [4.78, 5) is 27.1. The summed E-state index contributed by atoms with van der Waals surface area (Å²) in [6, 6.07) is 5.63. The molecule has 1 aromatic carbocycles. The van der Waals surface area contributed by atoms with Gasteiger partial charge >= 0.3 is 0 Å². The number of hydrogen-bond donors (Lipinski definition) is 1. The number of ketones is 1. The molecule has 0 saturated heterocycles. The summed E-state index contributed by atoms with van der Waals surface area (Å²) in [5.41, 5.74) is 2.41. The molecule has 0 spiro atoms. The van der Waals surface area contributed by atoms with E-state index in [0.717, 1.165) is 30.6 Å². The van der Waals surface area contributed by atoms with Gasteiger partial charge in [0.2, 0.25) is 0 Å². The predicted octanol–water partition coefficient (Wildman–Crippen LogP) is 3.65. The first-order valence-electron chi connectivity index (χ1n) is 9.07. The van der Waals surface area contributed by atoms with Crippen molar-refractivity contribution in [1.29, 1.82) is 0 Å². The van der Waals surface area contributed by atoms with E-state index in [4.69, 9.17) is 23.2 Å². The van der Waals surface area contributed by atoms with Gasteiger partial charge in [0.25, 0.3) is 5.91 Å². The van der Waals surface area contributed by atoms with Crippen LogP contribution in [0.4, 0.5) is 0 Å². The molecule has 6 heteroatoms. The van der Waals surface area contributed by atoms with Crippen LogP contribution in [0.25, 0.3) is 0 Å². The van der Waals surface area contributed by atoms with Gasteiger partial charge in [0.1, 0.15) is 5.78 Å². The normalized spacial score (nSPS) is 23.8. The fraction of sp³-hybridized carbons (Fsp3) is 0.500. The number of hydrogen-bond acceptors (Lipinski definition) is 3. The van der Waals surface area contributed by atoms with Crippen LogP contribution in [-0.2, 0) is 16.6 Å². The number of carbonyl (C=O) groups is 2. The van der Waals surface area contributed by atoms with Gasteiger partial charge in [0.05, 0.1) is 0 Å². The summed E-state index contributed by atoms with van der Waals surface area (Å²) in [7, 11) is 0. The van der Waals surface area contributed by atoms with E-state index in [-0.39, 0.29) is 23.8 Å². The average Bonchev–Trinajstić information content (AvgIpc) is 3.13. The van der Waals surface area contributed by atoms with Gasteiger partial charge in [-0.1, -0.05) is 18.2 Å². The molecule has 0 bridgehead atoms. The topological polar surface area (TPSA) is 49.4 Å². The molecule has 1 aliphatic heterocycles. The van der Waals surface area contributed by atoms with Gasteiger partial charge < -0.3 is 5.32 Å². The number of benzene rings is 1. The molecular weight excluding hydrogens is 371 g/mol. The minimum absolute atomic E-state index is 0.0268. The number of Topliss-reactive ketones (excluding diaryl/α,β-unsaturated/α-hetero) is 1. The van der Waals surface area contributed by atoms with Gasteiger partial charge in [-0.25, -0.2) is 0 Å². The third-order valence-electron chi connectivity index (χ3n) is 5.31. The molecule has 2 atom stereocenters. The van der Waals surface area contributed by atoms with Gasteiger partial charge in [-0.2, -0.15) is 0 Å². The molecule has 1 N–H and O–H groups in total. The Hall–Kier alpha value is -1.36. The number of nitrogens with one attached hydrogen (secondary N) is 1. The Morgan fingerprint density at radius 2 is 1.77 bits per heavy atom.